The molecule has 5 heteroatoms. The van der Waals surface area contributed by atoms with E-state index in [9.17, 15) is 9.59 Å². The number of rotatable bonds is 3. The fourth-order valence-corrected chi connectivity index (χ4v) is 3.44. The van der Waals surface area contributed by atoms with Crippen LogP contribution in [0.3, 0.4) is 0 Å². The number of nitrogens with zero attached hydrogens (tertiary/aromatic N) is 2. The summed E-state index contributed by atoms with van der Waals surface area (Å²) in [7, 11) is 0. The van der Waals surface area contributed by atoms with E-state index in [1.54, 1.807) is 16.8 Å². The van der Waals surface area contributed by atoms with Gasteiger partial charge in [0.2, 0.25) is 0 Å². The molecule has 0 aromatic carbocycles. The van der Waals surface area contributed by atoms with Gasteiger partial charge in [-0.05, 0) is 43.9 Å². The lowest BCUT2D eigenvalue weighted by Gasteiger charge is -2.29. The van der Waals surface area contributed by atoms with Crippen molar-refractivity contribution in [3.63, 3.8) is 0 Å². The molecule has 3 rings (SSSR count). The van der Waals surface area contributed by atoms with Gasteiger partial charge in [-0.2, -0.15) is 0 Å². The van der Waals surface area contributed by atoms with Crippen molar-refractivity contribution in [2.24, 2.45) is 5.92 Å². The van der Waals surface area contributed by atoms with E-state index in [4.69, 9.17) is 0 Å². The minimum atomic E-state index is -0.264. The molecule has 1 saturated carbocycles. The van der Waals surface area contributed by atoms with Crippen molar-refractivity contribution in [1.29, 1.82) is 0 Å². The fourth-order valence-electron chi connectivity index (χ4n) is 3.44. The molecule has 2 aromatic rings. The maximum Gasteiger partial charge on any atom is 0.265 e. The van der Waals surface area contributed by atoms with Gasteiger partial charge in [0.15, 0.2) is 0 Å². The van der Waals surface area contributed by atoms with Crippen LogP contribution in [0.25, 0.3) is 11.0 Å². The Kier molecular flexibility index (Phi) is 4.46. The van der Waals surface area contributed by atoms with Gasteiger partial charge in [-0.15, -0.1) is 0 Å². The molecule has 1 aliphatic carbocycles. The van der Waals surface area contributed by atoms with Crippen LogP contribution in [0.4, 0.5) is 0 Å². The molecular weight excluding hydrogens is 290 g/mol. The summed E-state index contributed by atoms with van der Waals surface area (Å²) in [6.45, 7) is 4.55. The quantitative estimate of drug-likeness (QED) is 0.947. The van der Waals surface area contributed by atoms with Crippen LogP contribution in [0.2, 0.25) is 0 Å². The number of hydrogen-bond donors (Lipinski definition) is 1. The normalized spacial score (nSPS) is 21.3. The maximum atomic E-state index is 12.6. The molecular formula is C18H23N3O2. The monoisotopic (exact) mass is 313 g/mol. The van der Waals surface area contributed by atoms with Crippen LogP contribution in [0, 0.1) is 5.92 Å². The summed E-state index contributed by atoms with van der Waals surface area (Å²) < 4.78 is 1.56. The molecule has 5 nitrogen and oxygen atoms in total. The maximum absolute atomic E-state index is 12.6. The molecule has 1 N–H and O–H groups in total. The SMILES string of the molecule is CCn1c(=O)c(C(=O)N[C@H]2CCCC[C@@H]2C)cc2cccnc21. The van der Waals surface area contributed by atoms with Crippen molar-refractivity contribution < 1.29 is 4.79 Å². The predicted octanol–water partition coefficient (Wildman–Crippen LogP) is 2.72. The highest BCUT2D eigenvalue weighted by atomic mass is 16.2. The second-order valence-corrected chi connectivity index (χ2v) is 6.37. The molecule has 0 unspecified atom stereocenters. The van der Waals surface area contributed by atoms with E-state index < -0.39 is 0 Å². The first-order valence-electron chi connectivity index (χ1n) is 8.41. The van der Waals surface area contributed by atoms with Crippen molar-refractivity contribution in [3.8, 4) is 0 Å². The average Bonchev–Trinajstić information content (AvgIpc) is 2.56. The molecule has 2 atom stereocenters. The van der Waals surface area contributed by atoms with Crippen LogP contribution in [0.1, 0.15) is 49.9 Å². The van der Waals surface area contributed by atoms with E-state index in [-0.39, 0.29) is 23.1 Å². The van der Waals surface area contributed by atoms with Crippen LogP contribution in [0.15, 0.2) is 29.2 Å². The lowest BCUT2D eigenvalue weighted by Crippen LogP contribution is -2.43. The summed E-state index contributed by atoms with van der Waals surface area (Å²) in [6, 6.07) is 5.53. The van der Waals surface area contributed by atoms with Crippen LogP contribution >= 0.6 is 0 Å². The second-order valence-electron chi connectivity index (χ2n) is 6.37. The molecule has 0 radical (unpaired) electrons. The first-order valence-corrected chi connectivity index (χ1v) is 8.41. The van der Waals surface area contributed by atoms with Gasteiger partial charge in [0.1, 0.15) is 11.2 Å². The van der Waals surface area contributed by atoms with E-state index in [1.807, 2.05) is 19.1 Å². The number of carbonyl (C=O) groups is 1. The Morgan fingerprint density at radius 2 is 2.17 bits per heavy atom. The highest BCUT2D eigenvalue weighted by Crippen LogP contribution is 2.24. The van der Waals surface area contributed by atoms with Gasteiger partial charge in [0.25, 0.3) is 11.5 Å². The first-order chi connectivity index (χ1) is 11.1. The summed E-state index contributed by atoms with van der Waals surface area (Å²) in [4.78, 5) is 29.6. The molecule has 122 valence electrons. The third-order valence-corrected chi connectivity index (χ3v) is 4.84. The molecule has 2 heterocycles. The third-order valence-electron chi connectivity index (χ3n) is 4.84. The Hall–Kier alpha value is -2.17. The molecule has 23 heavy (non-hydrogen) atoms. The second kappa shape index (κ2) is 6.52. The molecule has 1 amide bonds. The lowest BCUT2D eigenvalue weighted by atomic mass is 9.86. The number of hydrogen-bond acceptors (Lipinski definition) is 3. The van der Waals surface area contributed by atoms with Crippen molar-refractivity contribution in [3.05, 3.63) is 40.3 Å². The smallest absolute Gasteiger partial charge is 0.265 e. The predicted molar refractivity (Wildman–Crippen MR) is 90.6 cm³/mol. The number of nitrogens with one attached hydrogen (secondary N) is 1. The molecule has 0 aliphatic heterocycles. The highest BCUT2D eigenvalue weighted by Gasteiger charge is 2.25. The molecule has 0 bridgehead atoms. The highest BCUT2D eigenvalue weighted by molar-refractivity contribution is 5.97. The zero-order valence-corrected chi connectivity index (χ0v) is 13.7. The Morgan fingerprint density at radius 3 is 2.91 bits per heavy atom. The van der Waals surface area contributed by atoms with Crippen molar-refractivity contribution in [1.82, 2.24) is 14.9 Å². The molecule has 1 fully saturated rings. The average molecular weight is 313 g/mol. The van der Waals surface area contributed by atoms with E-state index in [2.05, 4.69) is 17.2 Å². The Labute approximate surface area is 135 Å². The van der Waals surface area contributed by atoms with E-state index in [0.29, 0.717) is 18.1 Å². The van der Waals surface area contributed by atoms with E-state index in [0.717, 1.165) is 24.6 Å². The standard InChI is InChI=1S/C18H23N3O2/c1-3-21-16-13(8-6-10-19-16)11-14(18(21)23)17(22)20-15-9-5-4-7-12(15)2/h6,8,10-12,15H,3-5,7,9H2,1-2H3,(H,20,22)/t12-,15-/m0/s1. The minimum Gasteiger partial charge on any atom is -0.349 e. The van der Waals surface area contributed by atoms with Gasteiger partial charge in [-0.25, -0.2) is 4.98 Å². The summed E-state index contributed by atoms with van der Waals surface area (Å²) >= 11 is 0. The molecule has 0 spiro atoms. The largest absolute Gasteiger partial charge is 0.349 e. The molecule has 1 aliphatic rings. The number of aromatic nitrogens is 2. The summed E-state index contributed by atoms with van der Waals surface area (Å²) in [5.74, 6) is 0.199. The van der Waals surface area contributed by atoms with Gasteiger partial charge in [0.05, 0.1) is 0 Å². The first kappa shape index (κ1) is 15.7. The zero-order chi connectivity index (χ0) is 16.4. The van der Waals surface area contributed by atoms with E-state index >= 15 is 0 Å². The molecule has 0 saturated heterocycles. The van der Waals surface area contributed by atoms with Crippen LogP contribution < -0.4 is 10.9 Å². The number of amides is 1. The summed E-state index contributed by atoms with van der Waals surface area (Å²) in [6.07, 6.45) is 6.14. The van der Waals surface area contributed by atoms with Gasteiger partial charge in [-0.1, -0.05) is 19.8 Å². The van der Waals surface area contributed by atoms with Crippen LogP contribution in [-0.4, -0.2) is 21.5 Å². The van der Waals surface area contributed by atoms with Crippen LogP contribution in [-0.2, 0) is 6.54 Å². The van der Waals surface area contributed by atoms with Gasteiger partial charge >= 0.3 is 0 Å². The van der Waals surface area contributed by atoms with Gasteiger partial charge in [0, 0.05) is 24.2 Å². The third kappa shape index (κ3) is 3.00. The summed E-state index contributed by atoms with van der Waals surface area (Å²) in [5.41, 5.74) is 0.576. The molecule has 2 aromatic heterocycles. The Morgan fingerprint density at radius 1 is 1.39 bits per heavy atom. The zero-order valence-electron chi connectivity index (χ0n) is 13.7. The number of aryl methyl sites for hydroxylation is 1. The minimum absolute atomic E-state index is 0.162. The van der Waals surface area contributed by atoms with Gasteiger partial charge in [-0.3, -0.25) is 14.2 Å². The van der Waals surface area contributed by atoms with Crippen molar-refractivity contribution >= 4 is 16.9 Å². The number of fused-ring (bicyclic) bond motifs is 1. The topological polar surface area (TPSA) is 64.0 Å². The van der Waals surface area contributed by atoms with E-state index in [1.165, 1.54) is 6.42 Å². The van der Waals surface area contributed by atoms with Crippen molar-refractivity contribution in [2.45, 2.75) is 52.1 Å². The summed E-state index contributed by atoms with van der Waals surface area (Å²) in [5, 5.41) is 3.88. The Bertz CT molecular complexity index is 781. The fraction of sp³-hybridized carbons (Fsp3) is 0.500. The van der Waals surface area contributed by atoms with Crippen LogP contribution in [0.5, 0.6) is 0 Å². The van der Waals surface area contributed by atoms with Gasteiger partial charge < -0.3 is 5.32 Å². The number of pyridine rings is 2. The number of carbonyl (C=O) groups excluding carboxylic acids is 1. The lowest BCUT2D eigenvalue weighted by molar-refractivity contribution is 0.0908. The van der Waals surface area contributed by atoms with Crippen molar-refractivity contribution in [2.75, 3.05) is 0 Å². The Balaban J connectivity index is 1.97.